The molecule has 4 nitrogen and oxygen atoms in total. The predicted octanol–water partition coefficient (Wildman–Crippen LogP) is 7.16. The van der Waals surface area contributed by atoms with Crippen LogP contribution in [0.4, 0.5) is 0 Å². The van der Waals surface area contributed by atoms with Crippen molar-refractivity contribution in [1.82, 2.24) is 5.32 Å². The Morgan fingerprint density at radius 1 is 0.758 bits per heavy atom. The summed E-state index contributed by atoms with van der Waals surface area (Å²) in [5, 5.41) is 22.5. The number of allylic oxidation sites excluding steroid dienone is 6. The molecule has 0 aromatic rings. The van der Waals surface area contributed by atoms with Crippen LogP contribution in [0.15, 0.2) is 36.5 Å². The van der Waals surface area contributed by atoms with Gasteiger partial charge in [0.2, 0.25) is 5.91 Å². The van der Waals surface area contributed by atoms with Crippen LogP contribution in [0.25, 0.3) is 0 Å². The van der Waals surface area contributed by atoms with Crippen LogP contribution in [0.5, 0.6) is 0 Å². The van der Waals surface area contributed by atoms with Crippen LogP contribution < -0.4 is 5.32 Å². The molecule has 0 bridgehead atoms. The Labute approximate surface area is 204 Å². The Kier molecular flexibility index (Phi) is 24.2. The Morgan fingerprint density at radius 2 is 1.33 bits per heavy atom. The maximum absolute atomic E-state index is 12.1. The van der Waals surface area contributed by atoms with Crippen LogP contribution >= 0.6 is 0 Å². The number of amides is 1. The number of aliphatic hydroxyl groups is 2. The minimum absolute atomic E-state index is 0.0549. The van der Waals surface area contributed by atoms with E-state index >= 15 is 0 Å². The highest BCUT2D eigenvalue weighted by atomic mass is 16.3. The normalized spacial score (nSPS) is 13.9. The number of unbranched alkanes of at least 4 members (excludes halogenated alkanes) is 10. The second-order valence-electron chi connectivity index (χ2n) is 9.08. The zero-order valence-corrected chi connectivity index (χ0v) is 21.6. The zero-order chi connectivity index (χ0) is 24.4. The van der Waals surface area contributed by atoms with Crippen molar-refractivity contribution in [2.24, 2.45) is 0 Å². The molecule has 4 heteroatoms. The van der Waals surface area contributed by atoms with Gasteiger partial charge in [-0.1, -0.05) is 108 Å². The summed E-state index contributed by atoms with van der Waals surface area (Å²) in [6, 6.07) is -0.535. The molecule has 0 saturated heterocycles. The molecule has 0 spiro atoms. The summed E-state index contributed by atoms with van der Waals surface area (Å²) < 4.78 is 0. The van der Waals surface area contributed by atoms with Crippen molar-refractivity contribution >= 4 is 5.91 Å². The van der Waals surface area contributed by atoms with E-state index in [4.69, 9.17) is 0 Å². The summed E-state index contributed by atoms with van der Waals surface area (Å²) in [5.74, 6) is -0.0549. The Morgan fingerprint density at radius 3 is 1.97 bits per heavy atom. The molecule has 33 heavy (non-hydrogen) atoms. The Bertz CT molecular complexity index is 513. The molecule has 192 valence electrons. The number of hydrogen-bond acceptors (Lipinski definition) is 3. The maximum atomic E-state index is 12.1. The minimum atomic E-state index is -0.657. The molecule has 0 rings (SSSR count). The number of carbonyl (C=O) groups is 1. The quantitative estimate of drug-likeness (QED) is 0.111. The van der Waals surface area contributed by atoms with E-state index < -0.39 is 12.1 Å². The molecule has 2 atom stereocenters. The third kappa shape index (κ3) is 22.2. The number of aliphatic hydroxyl groups excluding tert-OH is 2. The highest BCUT2D eigenvalue weighted by Crippen LogP contribution is 2.11. The molecule has 0 aromatic heterocycles. The van der Waals surface area contributed by atoms with Gasteiger partial charge in [-0.25, -0.2) is 0 Å². The van der Waals surface area contributed by atoms with E-state index in [1.165, 1.54) is 38.5 Å². The zero-order valence-electron chi connectivity index (χ0n) is 21.6. The lowest BCUT2D eigenvalue weighted by atomic mass is 10.0. The SMILES string of the molecule is CC/C=C\C/C=C\C/C=C\CCCCCCCCCC(=O)NC(CO)C(O)CCCCCC. The van der Waals surface area contributed by atoms with Gasteiger partial charge in [0.05, 0.1) is 18.8 Å². The lowest BCUT2D eigenvalue weighted by Gasteiger charge is -2.22. The Balaban J connectivity index is 3.58. The predicted molar refractivity (Wildman–Crippen MR) is 142 cm³/mol. The number of rotatable bonds is 23. The lowest BCUT2D eigenvalue weighted by Crippen LogP contribution is -2.45. The molecule has 1 amide bonds. The first kappa shape index (κ1) is 31.6. The van der Waals surface area contributed by atoms with Crippen LogP contribution in [0.1, 0.15) is 123 Å². The van der Waals surface area contributed by atoms with Crippen molar-refractivity contribution in [1.29, 1.82) is 0 Å². The first-order valence-electron chi connectivity index (χ1n) is 13.7. The Hall–Kier alpha value is -1.39. The smallest absolute Gasteiger partial charge is 0.220 e. The van der Waals surface area contributed by atoms with E-state index in [9.17, 15) is 15.0 Å². The molecular formula is C29H53NO3. The van der Waals surface area contributed by atoms with E-state index in [2.05, 4.69) is 55.6 Å². The molecule has 0 aliphatic carbocycles. The second-order valence-corrected chi connectivity index (χ2v) is 9.08. The van der Waals surface area contributed by atoms with E-state index in [1.807, 2.05) is 0 Å². The average Bonchev–Trinajstić information content (AvgIpc) is 2.82. The van der Waals surface area contributed by atoms with Gasteiger partial charge in [0.1, 0.15) is 0 Å². The molecule has 0 fully saturated rings. The van der Waals surface area contributed by atoms with Crippen LogP contribution in [-0.2, 0) is 4.79 Å². The fourth-order valence-corrected chi connectivity index (χ4v) is 3.78. The van der Waals surface area contributed by atoms with Gasteiger partial charge < -0.3 is 15.5 Å². The van der Waals surface area contributed by atoms with Crippen molar-refractivity contribution in [3.05, 3.63) is 36.5 Å². The third-order valence-corrected chi connectivity index (χ3v) is 5.92. The van der Waals surface area contributed by atoms with Gasteiger partial charge in [-0.3, -0.25) is 4.79 Å². The van der Waals surface area contributed by atoms with Gasteiger partial charge >= 0.3 is 0 Å². The van der Waals surface area contributed by atoms with Crippen LogP contribution in [0.3, 0.4) is 0 Å². The van der Waals surface area contributed by atoms with E-state index in [-0.39, 0.29) is 12.5 Å². The molecule has 0 saturated carbocycles. The molecule has 0 aromatic carbocycles. The summed E-state index contributed by atoms with van der Waals surface area (Å²) in [4.78, 5) is 12.1. The van der Waals surface area contributed by atoms with Crippen molar-refractivity contribution in [2.45, 2.75) is 135 Å². The van der Waals surface area contributed by atoms with Crippen molar-refractivity contribution < 1.29 is 15.0 Å². The summed E-state index contributed by atoms with van der Waals surface area (Å²) in [5.41, 5.74) is 0. The van der Waals surface area contributed by atoms with Crippen LogP contribution in [-0.4, -0.2) is 34.9 Å². The highest BCUT2D eigenvalue weighted by Gasteiger charge is 2.19. The molecule has 0 aliphatic heterocycles. The van der Waals surface area contributed by atoms with E-state index in [0.29, 0.717) is 12.8 Å². The van der Waals surface area contributed by atoms with E-state index in [1.54, 1.807) is 0 Å². The second kappa shape index (κ2) is 25.2. The van der Waals surface area contributed by atoms with Crippen LogP contribution in [0, 0.1) is 0 Å². The highest BCUT2D eigenvalue weighted by molar-refractivity contribution is 5.76. The van der Waals surface area contributed by atoms with Gasteiger partial charge in [-0.05, 0) is 44.9 Å². The number of nitrogens with one attached hydrogen (secondary N) is 1. The fourth-order valence-electron chi connectivity index (χ4n) is 3.78. The number of hydrogen-bond donors (Lipinski definition) is 3. The summed E-state index contributed by atoms with van der Waals surface area (Å²) in [6.07, 6.45) is 30.7. The number of carbonyl (C=O) groups excluding carboxylic acids is 1. The van der Waals surface area contributed by atoms with Crippen molar-refractivity contribution in [3.8, 4) is 0 Å². The first-order chi connectivity index (χ1) is 16.2. The standard InChI is InChI=1S/C29H53NO3/c1-3-5-7-9-10-11-12-13-14-15-16-17-18-19-20-21-23-25-29(33)30-27(26-31)28(32)24-22-8-6-4-2/h5,7,10-11,13-14,27-28,31-32H,3-4,6,8-9,12,15-26H2,1-2H3,(H,30,33)/b7-5-,11-10-,14-13-. The third-order valence-electron chi connectivity index (χ3n) is 5.92. The maximum Gasteiger partial charge on any atom is 0.220 e. The largest absolute Gasteiger partial charge is 0.394 e. The lowest BCUT2D eigenvalue weighted by molar-refractivity contribution is -0.123. The topological polar surface area (TPSA) is 69.6 Å². The molecule has 3 N–H and O–H groups in total. The minimum Gasteiger partial charge on any atom is -0.394 e. The molecule has 2 unspecified atom stereocenters. The van der Waals surface area contributed by atoms with Gasteiger partial charge in [0.15, 0.2) is 0 Å². The molecule has 0 radical (unpaired) electrons. The molecular weight excluding hydrogens is 410 g/mol. The van der Waals surface area contributed by atoms with Gasteiger partial charge in [0.25, 0.3) is 0 Å². The van der Waals surface area contributed by atoms with Crippen molar-refractivity contribution in [2.75, 3.05) is 6.61 Å². The summed E-state index contributed by atoms with van der Waals surface area (Å²) in [6.45, 7) is 4.11. The van der Waals surface area contributed by atoms with Gasteiger partial charge in [-0.15, -0.1) is 0 Å². The van der Waals surface area contributed by atoms with Gasteiger partial charge in [-0.2, -0.15) is 0 Å². The summed E-state index contributed by atoms with van der Waals surface area (Å²) in [7, 11) is 0. The molecule has 0 aliphatic rings. The van der Waals surface area contributed by atoms with E-state index in [0.717, 1.165) is 57.8 Å². The van der Waals surface area contributed by atoms with Crippen LogP contribution in [0.2, 0.25) is 0 Å². The monoisotopic (exact) mass is 463 g/mol. The van der Waals surface area contributed by atoms with Crippen molar-refractivity contribution in [3.63, 3.8) is 0 Å². The summed E-state index contributed by atoms with van der Waals surface area (Å²) >= 11 is 0. The average molecular weight is 464 g/mol. The fraction of sp³-hybridized carbons (Fsp3) is 0.759. The van der Waals surface area contributed by atoms with Gasteiger partial charge in [0, 0.05) is 6.42 Å². The first-order valence-corrected chi connectivity index (χ1v) is 13.7. The molecule has 0 heterocycles.